The van der Waals surface area contributed by atoms with E-state index in [0.717, 1.165) is 5.69 Å². The summed E-state index contributed by atoms with van der Waals surface area (Å²) in [6.45, 7) is 0. The van der Waals surface area contributed by atoms with Crippen molar-refractivity contribution in [3.63, 3.8) is 0 Å². The van der Waals surface area contributed by atoms with Gasteiger partial charge in [-0.05, 0) is 36.4 Å². The summed E-state index contributed by atoms with van der Waals surface area (Å²) in [7, 11) is 3.18. The number of ether oxygens (including phenoxy) is 2. The van der Waals surface area contributed by atoms with Crippen LogP contribution in [-0.4, -0.2) is 25.1 Å². The summed E-state index contributed by atoms with van der Waals surface area (Å²) in [6, 6.07) is 15.8. The predicted molar refractivity (Wildman–Crippen MR) is 106 cm³/mol. The highest BCUT2D eigenvalue weighted by Gasteiger charge is 2.10. The number of nitrogens with zero attached hydrogens (tertiary/aromatic N) is 1. The van der Waals surface area contributed by atoms with Crippen molar-refractivity contribution in [1.82, 2.24) is 4.98 Å². The summed E-state index contributed by atoms with van der Waals surface area (Å²) >= 11 is 6.04. The van der Waals surface area contributed by atoms with Crippen LogP contribution in [0, 0.1) is 0 Å². The Labute approximate surface area is 162 Å². The van der Waals surface area contributed by atoms with Gasteiger partial charge in [-0.3, -0.25) is 4.79 Å². The van der Waals surface area contributed by atoms with E-state index in [1.54, 1.807) is 62.9 Å². The van der Waals surface area contributed by atoms with E-state index in [4.69, 9.17) is 21.1 Å². The van der Waals surface area contributed by atoms with Crippen molar-refractivity contribution in [2.45, 2.75) is 0 Å². The molecule has 0 aliphatic carbocycles. The maximum atomic E-state index is 12.3. The van der Waals surface area contributed by atoms with Gasteiger partial charge in [0.25, 0.3) is 5.91 Å². The first kappa shape index (κ1) is 18.5. The van der Waals surface area contributed by atoms with Crippen molar-refractivity contribution in [2.75, 3.05) is 24.9 Å². The molecule has 2 N–H and O–H groups in total. The van der Waals surface area contributed by atoms with Gasteiger partial charge in [-0.2, -0.15) is 0 Å². The summed E-state index contributed by atoms with van der Waals surface area (Å²) in [6.07, 6.45) is 1.56. The monoisotopic (exact) mass is 383 g/mol. The van der Waals surface area contributed by atoms with Crippen LogP contribution < -0.4 is 20.1 Å². The van der Waals surface area contributed by atoms with Gasteiger partial charge in [0.05, 0.1) is 42.4 Å². The number of anilines is 3. The Kier molecular flexibility index (Phi) is 5.78. The highest BCUT2D eigenvalue weighted by atomic mass is 35.5. The molecule has 0 saturated heterocycles. The highest BCUT2D eigenvalue weighted by Crippen LogP contribution is 2.31. The molecule has 0 spiro atoms. The molecule has 0 radical (unpaired) electrons. The quantitative estimate of drug-likeness (QED) is 0.642. The first-order valence-electron chi connectivity index (χ1n) is 8.11. The first-order valence-corrected chi connectivity index (χ1v) is 8.49. The molecule has 0 aliphatic heterocycles. The van der Waals surface area contributed by atoms with Gasteiger partial charge in [-0.1, -0.05) is 23.7 Å². The van der Waals surface area contributed by atoms with E-state index in [9.17, 15) is 4.79 Å². The van der Waals surface area contributed by atoms with E-state index >= 15 is 0 Å². The first-order chi connectivity index (χ1) is 13.1. The minimum Gasteiger partial charge on any atom is -0.497 e. The van der Waals surface area contributed by atoms with E-state index in [-0.39, 0.29) is 5.91 Å². The lowest BCUT2D eigenvalue weighted by molar-refractivity contribution is 0.102. The van der Waals surface area contributed by atoms with Gasteiger partial charge in [-0.25, -0.2) is 4.98 Å². The average Bonchev–Trinajstić information content (AvgIpc) is 2.70. The smallest absolute Gasteiger partial charge is 0.257 e. The van der Waals surface area contributed by atoms with E-state index < -0.39 is 0 Å². The molecule has 1 amide bonds. The van der Waals surface area contributed by atoms with Crippen LogP contribution in [0.4, 0.5) is 17.2 Å². The Hall–Kier alpha value is -3.25. The third-order valence-electron chi connectivity index (χ3n) is 3.81. The van der Waals surface area contributed by atoms with Gasteiger partial charge in [-0.15, -0.1) is 0 Å². The second kappa shape index (κ2) is 8.42. The molecule has 0 fully saturated rings. The molecule has 1 aromatic heterocycles. The maximum Gasteiger partial charge on any atom is 0.257 e. The van der Waals surface area contributed by atoms with Gasteiger partial charge >= 0.3 is 0 Å². The Balaban J connectivity index is 1.71. The lowest BCUT2D eigenvalue weighted by Gasteiger charge is -2.12. The molecule has 0 aliphatic rings. The number of rotatable bonds is 6. The molecule has 3 aromatic rings. The Bertz CT molecular complexity index is 945. The number of halogens is 1. The normalized spacial score (nSPS) is 10.2. The molecule has 3 rings (SSSR count). The van der Waals surface area contributed by atoms with Gasteiger partial charge in [0, 0.05) is 6.07 Å². The zero-order valence-corrected chi connectivity index (χ0v) is 15.6. The largest absolute Gasteiger partial charge is 0.497 e. The van der Waals surface area contributed by atoms with Crippen molar-refractivity contribution >= 4 is 34.7 Å². The van der Waals surface area contributed by atoms with Crippen LogP contribution in [0.5, 0.6) is 11.5 Å². The fraction of sp³-hybridized carbons (Fsp3) is 0.100. The van der Waals surface area contributed by atoms with Crippen LogP contribution in [0.3, 0.4) is 0 Å². The molecule has 27 heavy (non-hydrogen) atoms. The van der Waals surface area contributed by atoms with Crippen molar-refractivity contribution < 1.29 is 14.3 Å². The summed E-state index contributed by atoms with van der Waals surface area (Å²) in [4.78, 5) is 16.6. The van der Waals surface area contributed by atoms with Gasteiger partial charge in [0.15, 0.2) is 0 Å². The molecule has 7 heteroatoms. The number of carbonyl (C=O) groups excluding carboxylic acids is 1. The van der Waals surface area contributed by atoms with Gasteiger partial charge in [0.1, 0.15) is 17.3 Å². The number of pyridine rings is 1. The Morgan fingerprint density at radius 3 is 2.52 bits per heavy atom. The van der Waals surface area contributed by atoms with Crippen LogP contribution in [0.2, 0.25) is 5.02 Å². The summed E-state index contributed by atoms with van der Waals surface area (Å²) < 4.78 is 10.5. The standard InChI is InChI=1S/C20H18ClN3O3/c1-26-14-8-9-17(18(11-14)27-2)24-19-10-7-13(12-22-19)23-20(25)15-5-3-4-6-16(15)21/h3-12H,1-2H3,(H,22,24)(H,23,25). The molecular formula is C20H18ClN3O3. The second-order valence-corrected chi connectivity index (χ2v) is 5.96. The van der Waals surface area contributed by atoms with Crippen LogP contribution >= 0.6 is 11.6 Å². The lowest BCUT2D eigenvalue weighted by atomic mass is 10.2. The summed E-state index contributed by atoms with van der Waals surface area (Å²) in [5.41, 5.74) is 1.72. The summed E-state index contributed by atoms with van der Waals surface area (Å²) in [5.74, 6) is 1.64. The predicted octanol–water partition coefficient (Wildman–Crippen LogP) is 4.75. The average molecular weight is 384 g/mol. The number of benzene rings is 2. The van der Waals surface area contributed by atoms with Crippen LogP contribution in [0.25, 0.3) is 0 Å². The van der Waals surface area contributed by atoms with Crippen molar-refractivity contribution in [3.05, 3.63) is 71.4 Å². The molecule has 0 saturated carbocycles. The molecule has 0 atom stereocenters. The second-order valence-electron chi connectivity index (χ2n) is 5.56. The zero-order chi connectivity index (χ0) is 19.2. The van der Waals surface area contributed by atoms with Crippen molar-refractivity contribution in [2.24, 2.45) is 0 Å². The van der Waals surface area contributed by atoms with Crippen molar-refractivity contribution in [1.29, 1.82) is 0 Å². The molecule has 2 aromatic carbocycles. The molecule has 0 bridgehead atoms. The van der Waals surface area contributed by atoms with E-state index in [1.165, 1.54) is 0 Å². The fourth-order valence-corrected chi connectivity index (χ4v) is 2.65. The third-order valence-corrected chi connectivity index (χ3v) is 4.14. The number of hydrogen-bond donors (Lipinski definition) is 2. The third kappa shape index (κ3) is 4.48. The van der Waals surface area contributed by atoms with E-state index in [2.05, 4.69) is 15.6 Å². The SMILES string of the molecule is COc1ccc(Nc2ccc(NC(=O)c3ccccc3Cl)cn2)c(OC)c1. The van der Waals surface area contributed by atoms with Crippen molar-refractivity contribution in [3.8, 4) is 11.5 Å². The van der Waals surface area contributed by atoms with Gasteiger partial charge < -0.3 is 20.1 Å². The number of aromatic nitrogens is 1. The summed E-state index contributed by atoms with van der Waals surface area (Å²) in [5, 5.41) is 6.34. The lowest BCUT2D eigenvalue weighted by Crippen LogP contribution is -2.12. The molecule has 138 valence electrons. The number of amides is 1. The highest BCUT2D eigenvalue weighted by molar-refractivity contribution is 6.34. The number of hydrogen-bond acceptors (Lipinski definition) is 5. The van der Waals surface area contributed by atoms with Crippen LogP contribution in [0.1, 0.15) is 10.4 Å². The molecule has 1 heterocycles. The maximum absolute atomic E-state index is 12.3. The van der Waals surface area contributed by atoms with Gasteiger partial charge in [0.2, 0.25) is 0 Å². The fourth-order valence-electron chi connectivity index (χ4n) is 2.43. The van der Waals surface area contributed by atoms with E-state index in [0.29, 0.717) is 33.6 Å². The minimum atomic E-state index is -0.292. The zero-order valence-electron chi connectivity index (χ0n) is 14.8. The topological polar surface area (TPSA) is 72.5 Å². The Morgan fingerprint density at radius 1 is 1.04 bits per heavy atom. The van der Waals surface area contributed by atoms with E-state index in [1.807, 2.05) is 12.1 Å². The molecule has 6 nitrogen and oxygen atoms in total. The van der Waals surface area contributed by atoms with Crippen LogP contribution in [0.15, 0.2) is 60.8 Å². The number of nitrogens with one attached hydrogen (secondary N) is 2. The molecular weight excluding hydrogens is 366 g/mol. The Morgan fingerprint density at radius 2 is 1.85 bits per heavy atom. The number of methoxy groups -OCH3 is 2. The van der Waals surface area contributed by atoms with Crippen LogP contribution in [-0.2, 0) is 0 Å². The number of carbonyl (C=O) groups is 1. The molecule has 0 unspecified atom stereocenters. The minimum absolute atomic E-state index is 0.292.